The topological polar surface area (TPSA) is 26.3 Å². The van der Waals surface area contributed by atoms with E-state index in [1.54, 1.807) is 12.1 Å². The van der Waals surface area contributed by atoms with Crippen LogP contribution in [0.15, 0.2) is 42.5 Å². The maximum absolute atomic E-state index is 13.8. The molecule has 0 bridgehead atoms. The summed E-state index contributed by atoms with van der Waals surface area (Å²) in [4.78, 5) is 12.5. The first-order valence-corrected chi connectivity index (χ1v) is 10.6. The number of ketones is 1. The molecule has 2 saturated carbocycles. The molecule has 0 unspecified atom stereocenters. The molecule has 0 aliphatic heterocycles. The average Bonchev–Trinajstić information content (AvgIpc) is 3.02. The number of hydrogen-bond acceptors (Lipinski definition) is 2. The number of carbonyl (C=O) groups is 1. The highest BCUT2D eigenvalue weighted by molar-refractivity contribution is 5.87. The number of ether oxygens (including phenoxy) is 1. The van der Waals surface area contributed by atoms with Crippen LogP contribution in [0.2, 0.25) is 0 Å². The lowest BCUT2D eigenvalue weighted by Gasteiger charge is -2.48. The number of halogens is 1. The molecular formula is C25H27FO2. The van der Waals surface area contributed by atoms with Gasteiger partial charge in [-0.2, -0.15) is 0 Å². The van der Waals surface area contributed by atoms with Crippen LogP contribution < -0.4 is 4.74 Å². The van der Waals surface area contributed by atoms with Crippen molar-refractivity contribution >= 4 is 5.78 Å². The lowest BCUT2D eigenvalue weighted by atomic mass is 9.55. The third-order valence-corrected chi connectivity index (χ3v) is 7.76. The van der Waals surface area contributed by atoms with Crippen LogP contribution in [0.1, 0.15) is 61.6 Å². The van der Waals surface area contributed by atoms with Gasteiger partial charge in [-0.05, 0) is 79.2 Å². The summed E-state index contributed by atoms with van der Waals surface area (Å²) >= 11 is 0. The smallest absolute Gasteiger partial charge is 0.139 e. The molecule has 3 aliphatic carbocycles. The minimum atomic E-state index is -0.223. The Labute approximate surface area is 166 Å². The summed E-state index contributed by atoms with van der Waals surface area (Å²) in [6.07, 6.45) is 6.22. The molecule has 2 nitrogen and oxygen atoms in total. The van der Waals surface area contributed by atoms with E-state index in [0.717, 1.165) is 37.9 Å². The molecule has 0 saturated heterocycles. The fraction of sp³-hybridized carbons (Fsp3) is 0.480. The molecule has 0 heterocycles. The van der Waals surface area contributed by atoms with Crippen LogP contribution in [-0.2, 0) is 17.8 Å². The van der Waals surface area contributed by atoms with Gasteiger partial charge in [0, 0.05) is 17.4 Å². The van der Waals surface area contributed by atoms with Gasteiger partial charge in [-0.3, -0.25) is 4.79 Å². The van der Waals surface area contributed by atoms with Gasteiger partial charge in [-0.15, -0.1) is 0 Å². The number of benzene rings is 2. The van der Waals surface area contributed by atoms with Gasteiger partial charge in [-0.25, -0.2) is 4.39 Å². The fourth-order valence-electron chi connectivity index (χ4n) is 6.20. The quantitative estimate of drug-likeness (QED) is 0.672. The molecule has 2 fully saturated rings. The zero-order chi connectivity index (χ0) is 19.3. The summed E-state index contributed by atoms with van der Waals surface area (Å²) < 4.78 is 19.7. The zero-order valence-electron chi connectivity index (χ0n) is 16.4. The molecule has 5 rings (SSSR count). The van der Waals surface area contributed by atoms with Crippen LogP contribution in [-0.4, -0.2) is 5.78 Å². The van der Waals surface area contributed by atoms with Crippen molar-refractivity contribution < 1.29 is 13.9 Å². The van der Waals surface area contributed by atoms with Gasteiger partial charge in [0.1, 0.15) is 24.0 Å². The number of fused-ring (bicyclic) bond motifs is 5. The lowest BCUT2D eigenvalue weighted by Crippen LogP contribution is -2.42. The highest BCUT2D eigenvalue weighted by atomic mass is 19.1. The maximum Gasteiger partial charge on any atom is 0.139 e. The monoisotopic (exact) mass is 378 g/mol. The van der Waals surface area contributed by atoms with Crippen molar-refractivity contribution in [2.75, 3.05) is 0 Å². The third kappa shape index (κ3) is 2.78. The molecular weight excluding hydrogens is 351 g/mol. The highest BCUT2D eigenvalue weighted by Crippen LogP contribution is 2.59. The van der Waals surface area contributed by atoms with Crippen LogP contribution in [0.5, 0.6) is 5.75 Å². The normalized spacial score (nSPS) is 31.1. The Hall–Kier alpha value is -2.16. The molecule has 0 spiro atoms. The summed E-state index contributed by atoms with van der Waals surface area (Å²) in [7, 11) is 0. The summed E-state index contributed by atoms with van der Waals surface area (Å²) in [5, 5.41) is 0. The van der Waals surface area contributed by atoms with Gasteiger partial charge in [0.05, 0.1) is 0 Å². The molecule has 0 N–H and O–H groups in total. The predicted molar refractivity (Wildman–Crippen MR) is 107 cm³/mol. The van der Waals surface area contributed by atoms with E-state index in [1.165, 1.54) is 23.6 Å². The number of aryl methyl sites for hydroxylation is 1. The molecule has 28 heavy (non-hydrogen) atoms. The van der Waals surface area contributed by atoms with Crippen LogP contribution in [0.4, 0.5) is 4.39 Å². The molecule has 146 valence electrons. The van der Waals surface area contributed by atoms with E-state index in [0.29, 0.717) is 29.1 Å². The largest absolute Gasteiger partial charge is 0.489 e. The minimum Gasteiger partial charge on any atom is -0.489 e. The van der Waals surface area contributed by atoms with E-state index in [9.17, 15) is 9.18 Å². The second kappa shape index (κ2) is 6.72. The van der Waals surface area contributed by atoms with Crippen molar-refractivity contribution in [2.24, 2.45) is 17.3 Å². The highest BCUT2D eigenvalue weighted by Gasteiger charge is 2.54. The number of carbonyl (C=O) groups excluding carboxylic acids is 1. The van der Waals surface area contributed by atoms with Gasteiger partial charge < -0.3 is 4.74 Å². The van der Waals surface area contributed by atoms with E-state index in [4.69, 9.17) is 4.74 Å². The first kappa shape index (κ1) is 17.9. The lowest BCUT2D eigenvalue weighted by molar-refractivity contribution is -0.129. The Morgan fingerprint density at radius 2 is 1.96 bits per heavy atom. The molecule has 0 radical (unpaired) electrons. The van der Waals surface area contributed by atoms with E-state index in [2.05, 4.69) is 19.1 Å². The van der Waals surface area contributed by atoms with Crippen molar-refractivity contribution in [1.82, 2.24) is 0 Å². The van der Waals surface area contributed by atoms with E-state index >= 15 is 0 Å². The molecule has 0 aromatic heterocycles. The van der Waals surface area contributed by atoms with Gasteiger partial charge in [-0.1, -0.05) is 31.2 Å². The Kier molecular flexibility index (Phi) is 4.30. The standard InChI is InChI=1S/C25H27FO2/c1-25-13-12-20-19-9-7-18(28-15-17-4-2-3-5-23(17)26)14-16(19)6-8-21(20)22(25)10-11-24(25)27/h2-5,7,9,14,20-22H,6,8,10-13,15H2,1H3/t20-,21-,22-,25+/m1/s1. The Morgan fingerprint density at radius 1 is 1.11 bits per heavy atom. The molecule has 2 aromatic rings. The van der Waals surface area contributed by atoms with Crippen molar-refractivity contribution in [1.29, 1.82) is 0 Å². The Balaban J connectivity index is 1.35. The van der Waals surface area contributed by atoms with Crippen molar-refractivity contribution in [3.05, 3.63) is 65.0 Å². The predicted octanol–water partition coefficient (Wildman–Crippen LogP) is 5.83. The summed E-state index contributed by atoms with van der Waals surface area (Å²) in [5.41, 5.74) is 3.34. The second-order valence-corrected chi connectivity index (χ2v) is 9.07. The number of Topliss-reactive ketones (excluding diaryl/α,β-unsaturated/α-hetero) is 1. The summed E-state index contributed by atoms with van der Waals surface area (Å²) in [6, 6.07) is 13.2. The van der Waals surface area contributed by atoms with Crippen LogP contribution in [0.3, 0.4) is 0 Å². The summed E-state index contributed by atoms with van der Waals surface area (Å²) in [5.74, 6) is 2.87. The van der Waals surface area contributed by atoms with Crippen molar-refractivity contribution in [2.45, 2.75) is 58.0 Å². The molecule has 3 heteroatoms. The van der Waals surface area contributed by atoms with E-state index < -0.39 is 0 Å². The number of hydrogen-bond donors (Lipinski definition) is 0. The maximum atomic E-state index is 13.8. The second-order valence-electron chi connectivity index (χ2n) is 9.07. The van der Waals surface area contributed by atoms with Gasteiger partial charge in [0.15, 0.2) is 0 Å². The first-order chi connectivity index (χ1) is 13.6. The van der Waals surface area contributed by atoms with E-state index in [-0.39, 0.29) is 17.8 Å². The zero-order valence-corrected chi connectivity index (χ0v) is 16.4. The van der Waals surface area contributed by atoms with Crippen LogP contribution >= 0.6 is 0 Å². The van der Waals surface area contributed by atoms with Crippen molar-refractivity contribution in [3.63, 3.8) is 0 Å². The minimum absolute atomic E-state index is 0.0680. The first-order valence-electron chi connectivity index (χ1n) is 10.6. The Bertz CT molecular complexity index is 921. The molecule has 0 amide bonds. The molecule has 3 aliphatic rings. The number of rotatable bonds is 3. The molecule has 2 aromatic carbocycles. The van der Waals surface area contributed by atoms with Gasteiger partial charge >= 0.3 is 0 Å². The van der Waals surface area contributed by atoms with E-state index in [1.807, 2.05) is 12.1 Å². The molecule has 4 atom stereocenters. The van der Waals surface area contributed by atoms with Crippen molar-refractivity contribution in [3.8, 4) is 5.75 Å². The van der Waals surface area contributed by atoms with Gasteiger partial charge in [0.25, 0.3) is 0 Å². The summed E-state index contributed by atoms with van der Waals surface area (Å²) in [6.45, 7) is 2.47. The average molecular weight is 378 g/mol. The van der Waals surface area contributed by atoms with Gasteiger partial charge in [0.2, 0.25) is 0 Å². The third-order valence-electron chi connectivity index (χ3n) is 7.76. The SMILES string of the molecule is C[C@]12CC[C@@H]3c4ccc(OCc5ccccc5F)cc4CC[C@H]3[C@H]1CCC2=O. The Morgan fingerprint density at radius 3 is 2.82 bits per heavy atom. The van der Waals surface area contributed by atoms with Crippen LogP contribution in [0.25, 0.3) is 0 Å². The fourth-order valence-corrected chi connectivity index (χ4v) is 6.20. The van der Waals surface area contributed by atoms with Crippen LogP contribution in [0, 0.1) is 23.1 Å².